The first kappa shape index (κ1) is 17.7. The number of carbonyl (C=O) groups is 1. The maximum absolute atomic E-state index is 13.2. The summed E-state index contributed by atoms with van der Waals surface area (Å²) < 4.78 is 11.8. The van der Waals surface area contributed by atoms with Crippen LogP contribution in [-0.4, -0.2) is 66.7 Å². The minimum Gasteiger partial charge on any atom is -0.478 e. The van der Waals surface area contributed by atoms with Crippen LogP contribution in [0.4, 0.5) is 0 Å². The lowest BCUT2D eigenvalue weighted by molar-refractivity contribution is -0.164. The number of carbonyl (C=O) groups excluding carboxylic acids is 1. The van der Waals surface area contributed by atoms with Crippen LogP contribution in [-0.2, 0) is 9.53 Å². The fraction of sp³-hybridized carbons (Fsp3) is 0.579. The minimum atomic E-state index is -0.980. The number of likely N-dealkylation sites (N-methyl/N-ethyl adjacent to an activating group) is 1. The van der Waals surface area contributed by atoms with Gasteiger partial charge >= 0.3 is 0 Å². The van der Waals surface area contributed by atoms with E-state index in [4.69, 9.17) is 14.7 Å². The quantitative estimate of drug-likeness (QED) is 0.835. The van der Waals surface area contributed by atoms with E-state index in [2.05, 4.69) is 18.0 Å². The summed E-state index contributed by atoms with van der Waals surface area (Å²) in [4.78, 5) is 17.3. The Kier molecular flexibility index (Phi) is 4.98. The van der Waals surface area contributed by atoms with E-state index >= 15 is 0 Å². The molecule has 0 saturated carbocycles. The second-order valence-corrected chi connectivity index (χ2v) is 7.27. The third kappa shape index (κ3) is 3.78. The molecule has 1 amide bonds. The van der Waals surface area contributed by atoms with Crippen LogP contribution >= 0.6 is 0 Å². The summed E-state index contributed by atoms with van der Waals surface area (Å²) in [6.45, 7) is 6.57. The fourth-order valence-electron chi connectivity index (χ4n) is 3.56. The van der Waals surface area contributed by atoms with Crippen LogP contribution in [0.15, 0.2) is 24.3 Å². The number of ether oxygens (including phenoxy) is 2. The van der Waals surface area contributed by atoms with Gasteiger partial charge in [-0.05, 0) is 51.6 Å². The predicted molar refractivity (Wildman–Crippen MR) is 93.2 cm³/mol. The third-order valence-electron chi connectivity index (χ3n) is 4.92. The van der Waals surface area contributed by atoms with Crippen molar-refractivity contribution in [2.45, 2.75) is 38.0 Å². The molecule has 0 bridgehead atoms. The summed E-state index contributed by atoms with van der Waals surface area (Å²) in [6, 6.07) is 8.99. The maximum Gasteiger partial charge on any atom is 0.266 e. The van der Waals surface area contributed by atoms with Gasteiger partial charge in [0.1, 0.15) is 5.75 Å². The van der Waals surface area contributed by atoms with Crippen LogP contribution in [0.2, 0.25) is 0 Å². The summed E-state index contributed by atoms with van der Waals surface area (Å²) in [7, 11) is 2.08. The van der Waals surface area contributed by atoms with Crippen molar-refractivity contribution in [3.05, 3.63) is 29.8 Å². The third-order valence-corrected chi connectivity index (χ3v) is 4.92. The molecule has 0 unspecified atom stereocenters. The lowest BCUT2D eigenvalue weighted by atomic mass is 9.96. The molecule has 0 radical (unpaired) electrons. The van der Waals surface area contributed by atoms with E-state index in [0.29, 0.717) is 24.5 Å². The molecule has 2 heterocycles. The average Bonchev–Trinajstić information content (AvgIpc) is 2.61. The monoisotopic (exact) mass is 343 g/mol. The topological polar surface area (TPSA) is 65.8 Å². The van der Waals surface area contributed by atoms with Crippen molar-refractivity contribution in [2.75, 3.05) is 33.3 Å². The molecular weight excluding hydrogens is 318 g/mol. The highest BCUT2D eigenvalue weighted by atomic mass is 16.5. The number of rotatable bonds is 3. The fourth-order valence-corrected chi connectivity index (χ4v) is 3.56. The number of hydrogen-bond donors (Lipinski definition) is 0. The van der Waals surface area contributed by atoms with E-state index < -0.39 is 5.60 Å². The smallest absolute Gasteiger partial charge is 0.266 e. The summed E-state index contributed by atoms with van der Waals surface area (Å²) in [6.07, 6.45) is 1.06. The van der Waals surface area contributed by atoms with Crippen molar-refractivity contribution in [1.29, 1.82) is 5.26 Å². The van der Waals surface area contributed by atoms with Crippen LogP contribution in [0, 0.1) is 11.3 Å². The van der Waals surface area contributed by atoms with Crippen molar-refractivity contribution in [1.82, 2.24) is 9.80 Å². The van der Waals surface area contributed by atoms with Gasteiger partial charge in [0.05, 0.1) is 30.4 Å². The van der Waals surface area contributed by atoms with Gasteiger partial charge in [-0.2, -0.15) is 5.26 Å². The number of benzene rings is 1. The molecule has 25 heavy (non-hydrogen) atoms. The van der Waals surface area contributed by atoms with Gasteiger partial charge in [0, 0.05) is 19.6 Å². The van der Waals surface area contributed by atoms with Crippen molar-refractivity contribution >= 4 is 5.91 Å². The Balaban J connectivity index is 1.73. The molecule has 6 nitrogen and oxygen atoms in total. The number of piperidine rings is 1. The average molecular weight is 343 g/mol. The Morgan fingerprint density at radius 3 is 2.72 bits per heavy atom. The number of nitrogens with zero attached hydrogens (tertiary/aromatic N) is 3. The highest BCUT2D eigenvalue weighted by Gasteiger charge is 2.43. The summed E-state index contributed by atoms with van der Waals surface area (Å²) in [5.74, 6) is 0.563. The van der Waals surface area contributed by atoms with Crippen LogP contribution in [0.1, 0.15) is 25.8 Å². The standard InChI is InChI=1S/C19H25N3O3/c1-19(2,25-15-6-4-14(12-20)5-7-15)18(23)22-10-11-24-17-8-9-21(3)13-16(17)22/h4-7,16-17H,8-11,13H2,1-3H3/t16-,17+/m1/s1. The number of hydrogen-bond acceptors (Lipinski definition) is 5. The first-order valence-electron chi connectivity index (χ1n) is 8.71. The Hall–Kier alpha value is -2.10. The van der Waals surface area contributed by atoms with E-state index in [0.717, 1.165) is 19.5 Å². The molecule has 2 aliphatic heterocycles. The second kappa shape index (κ2) is 7.03. The Morgan fingerprint density at radius 2 is 2.04 bits per heavy atom. The molecule has 0 N–H and O–H groups in total. The molecule has 1 aromatic carbocycles. The Morgan fingerprint density at radius 1 is 1.32 bits per heavy atom. The minimum absolute atomic E-state index is 0.0227. The van der Waals surface area contributed by atoms with Crippen LogP contribution < -0.4 is 4.74 Å². The molecule has 134 valence electrons. The molecule has 2 fully saturated rings. The largest absolute Gasteiger partial charge is 0.478 e. The molecule has 3 rings (SSSR count). The maximum atomic E-state index is 13.2. The Labute approximate surface area is 148 Å². The van der Waals surface area contributed by atoms with E-state index in [1.165, 1.54) is 0 Å². The van der Waals surface area contributed by atoms with Gasteiger partial charge in [0.15, 0.2) is 5.60 Å². The van der Waals surface area contributed by atoms with Gasteiger partial charge in [-0.3, -0.25) is 4.79 Å². The zero-order valence-electron chi connectivity index (χ0n) is 15.1. The van der Waals surface area contributed by atoms with Gasteiger partial charge in [0.2, 0.25) is 0 Å². The van der Waals surface area contributed by atoms with Gasteiger partial charge < -0.3 is 19.3 Å². The zero-order valence-corrected chi connectivity index (χ0v) is 15.1. The number of amides is 1. The molecule has 6 heteroatoms. The van der Waals surface area contributed by atoms with Crippen LogP contribution in [0.25, 0.3) is 0 Å². The number of fused-ring (bicyclic) bond motifs is 1. The Bertz CT molecular complexity index is 665. The molecule has 2 aliphatic rings. The van der Waals surface area contributed by atoms with Gasteiger partial charge in [0.25, 0.3) is 5.91 Å². The van der Waals surface area contributed by atoms with Crippen LogP contribution in [0.3, 0.4) is 0 Å². The molecule has 0 spiro atoms. The molecular formula is C19H25N3O3. The predicted octanol–water partition coefficient (Wildman–Crippen LogP) is 1.65. The van der Waals surface area contributed by atoms with E-state index in [9.17, 15) is 4.79 Å². The van der Waals surface area contributed by atoms with E-state index in [1.807, 2.05) is 4.90 Å². The van der Waals surface area contributed by atoms with E-state index in [1.54, 1.807) is 38.1 Å². The molecule has 0 aromatic heterocycles. The number of morpholine rings is 1. The summed E-state index contributed by atoms with van der Waals surface area (Å²) in [5.41, 5.74) is -0.413. The molecule has 2 saturated heterocycles. The van der Waals surface area contributed by atoms with Crippen molar-refractivity contribution in [2.24, 2.45) is 0 Å². The van der Waals surface area contributed by atoms with Gasteiger partial charge in [-0.25, -0.2) is 0 Å². The second-order valence-electron chi connectivity index (χ2n) is 7.27. The summed E-state index contributed by atoms with van der Waals surface area (Å²) >= 11 is 0. The molecule has 0 aliphatic carbocycles. The summed E-state index contributed by atoms with van der Waals surface area (Å²) in [5, 5.41) is 8.88. The SMILES string of the molecule is CN1CC[C@@H]2OCCN(C(=O)C(C)(C)Oc3ccc(C#N)cc3)[C@@H]2C1. The van der Waals surface area contributed by atoms with Crippen LogP contribution in [0.5, 0.6) is 5.75 Å². The van der Waals surface area contributed by atoms with Crippen molar-refractivity contribution in [3.63, 3.8) is 0 Å². The molecule has 1 aromatic rings. The van der Waals surface area contributed by atoms with Crippen molar-refractivity contribution in [3.8, 4) is 11.8 Å². The molecule has 2 atom stereocenters. The van der Waals surface area contributed by atoms with Crippen molar-refractivity contribution < 1.29 is 14.3 Å². The van der Waals surface area contributed by atoms with Gasteiger partial charge in [-0.15, -0.1) is 0 Å². The number of nitriles is 1. The lowest BCUT2D eigenvalue weighted by Gasteiger charge is -2.48. The normalized spacial score (nSPS) is 24.3. The van der Waals surface area contributed by atoms with Gasteiger partial charge in [-0.1, -0.05) is 0 Å². The highest BCUT2D eigenvalue weighted by molar-refractivity contribution is 5.85. The zero-order chi connectivity index (χ0) is 18.0. The lowest BCUT2D eigenvalue weighted by Crippen LogP contribution is -2.64. The first-order chi connectivity index (χ1) is 11.9. The highest BCUT2D eigenvalue weighted by Crippen LogP contribution is 2.27. The number of likely N-dealkylation sites (tertiary alicyclic amines) is 1. The first-order valence-corrected chi connectivity index (χ1v) is 8.71. The van der Waals surface area contributed by atoms with E-state index in [-0.39, 0.29) is 18.1 Å².